The molecule has 0 spiro atoms. The maximum absolute atomic E-state index is 12.6. The van der Waals surface area contributed by atoms with Crippen molar-refractivity contribution in [3.63, 3.8) is 0 Å². The summed E-state index contributed by atoms with van der Waals surface area (Å²) in [5.41, 5.74) is 6.61. The highest BCUT2D eigenvalue weighted by atomic mass is 16.5. The fourth-order valence-electron chi connectivity index (χ4n) is 4.08. The summed E-state index contributed by atoms with van der Waals surface area (Å²) in [6, 6.07) is 17.9. The Hall–Kier alpha value is -3.67. The molecule has 4 aromatic rings. The van der Waals surface area contributed by atoms with Crippen molar-refractivity contribution >= 4 is 22.6 Å². The Morgan fingerprint density at radius 3 is 2.59 bits per heavy atom. The largest absolute Gasteiger partial charge is 0.481 e. The summed E-state index contributed by atoms with van der Waals surface area (Å²) in [7, 11) is 1.61. The zero-order chi connectivity index (χ0) is 22.7. The third-order valence-electron chi connectivity index (χ3n) is 5.74. The SMILES string of the molecule is CCc1cccc(NC(=O)CCc2c(OC)nc3c(c(C)nn3-c3ccccc3)c2C)c1. The highest BCUT2D eigenvalue weighted by molar-refractivity contribution is 5.91. The summed E-state index contributed by atoms with van der Waals surface area (Å²) < 4.78 is 7.48. The number of aromatic nitrogens is 3. The lowest BCUT2D eigenvalue weighted by atomic mass is 10.0. The molecule has 0 fully saturated rings. The number of carbonyl (C=O) groups is 1. The van der Waals surface area contributed by atoms with E-state index in [-0.39, 0.29) is 5.91 Å². The average Bonchev–Trinajstić information content (AvgIpc) is 3.15. The Morgan fingerprint density at radius 2 is 1.88 bits per heavy atom. The van der Waals surface area contributed by atoms with Crippen LogP contribution in [0, 0.1) is 13.8 Å². The van der Waals surface area contributed by atoms with Crippen LogP contribution in [-0.2, 0) is 17.6 Å². The van der Waals surface area contributed by atoms with E-state index in [4.69, 9.17) is 14.8 Å². The molecule has 0 bridgehead atoms. The minimum Gasteiger partial charge on any atom is -0.481 e. The molecule has 32 heavy (non-hydrogen) atoms. The molecule has 0 aliphatic rings. The lowest BCUT2D eigenvalue weighted by Gasteiger charge is -2.13. The zero-order valence-corrected chi connectivity index (χ0v) is 19.0. The van der Waals surface area contributed by atoms with Gasteiger partial charge in [-0.15, -0.1) is 0 Å². The second-order valence-electron chi connectivity index (χ2n) is 7.86. The van der Waals surface area contributed by atoms with Crippen molar-refractivity contribution in [1.82, 2.24) is 14.8 Å². The molecule has 0 atom stereocenters. The normalized spacial score (nSPS) is 11.0. The van der Waals surface area contributed by atoms with Gasteiger partial charge in [-0.05, 0) is 62.1 Å². The monoisotopic (exact) mass is 428 g/mol. The number of nitrogens with zero attached hydrogens (tertiary/aromatic N) is 3. The van der Waals surface area contributed by atoms with Crippen LogP contribution in [0.25, 0.3) is 16.7 Å². The molecule has 164 valence electrons. The lowest BCUT2D eigenvalue weighted by molar-refractivity contribution is -0.116. The van der Waals surface area contributed by atoms with Crippen molar-refractivity contribution in [2.45, 2.75) is 40.0 Å². The van der Waals surface area contributed by atoms with E-state index >= 15 is 0 Å². The van der Waals surface area contributed by atoms with Gasteiger partial charge < -0.3 is 10.1 Å². The Morgan fingerprint density at radius 1 is 1.09 bits per heavy atom. The number of anilines is 1. The second-order valence-corrected chi connectivity index (χ2v) is 7.86. The van der Waals surface area contributed by atoms with Crippen molar-refractivity contribution in [1.29, 1.82) is 0 Å². The summed E-state index contributed by atoms with van der Waals surface area (Å²) in [5, 5.41) is 8.73. The number of hydrogen-bond acceptors (Lipinski definition) is 4. The van der Waals surface area contributed by atoms with Crippen LogP contribution in [0.1, 0.15) is 35.7 Å². The van der Waals surface area contributed by atoms with E-state index in [1.165, 1.54) is 5.56 Å². The van der Waals surface area contributed by atoms with Gasteiger partial charge in [0, 0.05) is 23.1 Å². The van der Waals surface area contributed by atoms with Gasteiger partial charge in [-0.2, -0.15) is 10.1 Å². The predicted octanol–water partition coefficient (Wildman–Crippen LogP) is 5.18. The number of pyridine rings is 1. The summed E-state index contributed by atoms with van der Waals surface area (Å²) in [6.07, 6.45) is 1.81. The zero-order valence-electron chi connectivity index (χ0n) is 19.0. The van der Waals surface area contributed by atoms with Crippen LogP contribution in [0.3, 0.4) is 0 Å². The molecule has 2 aromatic carbocycles. The number of carbonyl (C=O) groups excluding carboxylic acids is 1. The third kappa shape index (κ3) is 4.21. The van der Waals surface area contributed by atoms with Gasteiger partial charge in [-0.25, -0.2) is 4.68 Å². The molecule has 1 N–H and O–H groups in total. The fourth-order valence-corrected chi connectivity index (χ4v) is 4.08. The molecule has 0 saturated carbocycles. The predicted molar refractivity (Wildman–Crippen MR) is 128 cm³/mol. The van der Waals surface area contributed by atoms with Crippen molar-refractivity contribution in [3.8, 4) is 11.6 Å². The van der Waals surface area contributed by atoms with Crippen LogP contribution in [0.5, 0.6) is 5.88 Å². The van der Waals surface area contributed by atoms with E-state index in [1.54, 1.807) is 7.11 Å². The minimum atomic E-state index is -0.0310. The summed E-state index contributed by atoms with van der Waals surface area (Å²) in [6.45, 7) is 6.13. The van der Waals surface area contributed by atoms with Gasteiger partial charge in [0.15, 0.2) is 5.65 Å². The first-order valence-corrected chi connectivity index (χ1v) is 10.9. The Kier molecular flexibility index (Phi) is 6.21. The van der Waals surface area contributed by atoms with Crippen LogP contribution in [0.4, 0.5) is 5.69 Å². The number of para-hydroxylation sites is 1. The standard InChI is InChI=1S/C26H28N4O2/c1-5-19-10-9-11-20(16-19)27-23(31)15-14-22-17(2)24-18(3)29-30(21-12-7-6-8-13-21)25(24)28-26(22)32-4/h6-13,16H,5,14-15H2,1-4H3,(H,27,31). The van der Waals surface area contributed by atoms with Crippen molar-refractivity contribution in [3.05, 3.63) is 77.0 Å². The first-order valence-electron chi connectivity index (χ1n) is 10.9. The van der Waals surface area contributed by atoms with Crippen LogP contribution in [0.15, 0.2) is 54.6 Å². The van der Waals surface area contributed by atoms with E-state index in [2.05, 4.69) is 25.2 Å². The molecule has 0 radical (unpaired) electrons. The number of hydrogen-bond donors (Lipinski definition) is 1. The van der Waals surface area contributed by atoms with Crippen LogP contribution >= 0.6 is 0 Å². The van der Waals surface area contributed by atoms with Gasteiger partial charge in [0.1, 0.15) is 0 Å². The quantitative estimate of drug-likeness (QED) is 0.440. The highest BCUT2D eigenvalue weighted by Crippen LogP contribution is 2.31. The molecule has 6 nitrogen and oxygen atoms in total. The number of methoxy groups -OCH3 is 1. The van der Waals surface area contributed by atoms with Crippen molar-refractivity contribution in [2.24, 2.45) is 0 Å². The van der Waals surface area contributed by atoms with Gasteiger partial charge in [0.05, 0.1) is 18.5 Å². The van der Waals surface area contributed by atoms with Crippen molar-refractivity contribution < 1.29 is 9.53 Å². The molecule has 4 rings (SSSR count). The first kappa shape index (κ1) is 21.6. The van der Waals surface area contributed by atoms with E-state index in [1.807, 2.05) is 60.1 Å². The molecule has 0 unspecified atom stereocenters. The number of ether oxygens (including phenoxy) is 1. The van der Waals surface area contributed by atoms with Crippen LogP contribution in [0.2, 0.25) is 0 Å². The Bertz CT molecular complexity index is 1260. The third-order valence-corrected chi connectivity index (χ3v) is 5.74. The van der Waals surface area contributed by atoms with Crippen LogP contribution in [-0.4, -0.2) is 27.8 Å². The van der Waals surface area contributed by atoms with E-state index in [0.717, 1.165) is 45.6 Å². The van der Waals surface area contributed by atoms with Gasteiger partial charge in [0.25, 0.3) is 0 Å². The number of benzene rings is 2. The molecular formula is C26H28N4O2. The topological polar surface area (TPSA) is 69.0 Å². The summed E-state index contributed by atoms with van der Waals surface area (Å²) >= 11 is 0. The summed E-state index contributed by atoms with van der Waals surface area (Å²) in [4.78, 5) is 17.4. The Labute approximate surface area is 188 Å². The second kappa shape index (κ2) is 9.22. The molecule has 0 aliphatic carbocycles. The molecule has 0 aliphatic heterocycles. The molecular weight excluding hydrogens is 400 g/mol. The van der Waals surface area contributed by atoms with Gasteiger partial charge in [-0.3, -0.25) is 4.79 Å². The summed E-state index contributed by atoms with van der Waals surface area (Å²) in [5.74, 6) is 0.504. The van der Waals surface area contributed by atoms with E-state index in [9.17, 15) is 4.79 Å². The number of amides is 1. The van der Waals surface area contributed by atoms with Crippen molar-refractivity contribution in [2.75, 3.05) is 12.4 Å². The Balaban J connectivity index is 1.62. The molecule has 2 heterocycles. The molecule has 1 amide bonds. The molecule has 2 aromatic heterocycles. The smallest absolute Gasteiger partial charge is 0.224 e. The minimum absolute atomic E-state index is 0.0310. The van der Waals surface area contributed by atoms with Gasteiger partial charge >= 0.3 is 0 Å². The fraction of sp³-hybridized carbons (Fsp3) is 0.269. The first-order chi connectivity index (χ1) is 15.5. The van der Waals surface area contributed by atoms with E-state index < -0.39 is 0 Å². The average molecular weight is 429 g/mol. The molecule has 6 heteroatoms. The number of aryl methyl sites for hydroxylation is 3. The molecule has 0 saturated heterocycles. The van der Waals surface area contributed by atoms with Gasteiger partial charge in [0.2, 0.25) is 11.8 Å². The maximum atomic E-state index is 12.6. The number of rotatable bonds is 7. The van der Waals surface area contributed by atoms with Gasteiger partial charge in [-0.1, -0.05) is 37.3 Å². The lowest BCUT2D eigenvalue weighted by Crippen LogP contribution is -2.13. The van der Waals surface area contributed by atoms with Crippen LogP contribution < -0.4 is 10.1 Å². The number of fused-ring (bicyclic) bond motifs is 1. The number of nitrogens with one attached hydrogen (secondary N) is 1. The van der Waals surface area contributed by atoms with E-state index in [0.29, 0.717) is 18.7 Å². The highest BCUT2D eigenvalue weighted by Gasteiger charge is 2.20. The maximum Gasteiger partial charge on any atom is 0.224 e.